The Kier molecular flexibility index (Phi) is 5.23. The van der Waals surface area contributed by atoms with Gasteiger partial charge in [-0.3, -0.25) is 9.59 Å². The van der Waals surface area contributed by atoms with Crippen LogP contribution < -0.4 is 10.6 Å². The molecule has 0 bridgehead atoms. The molecule has 0 aliphatic heterocycles. The molecule has 0 aromatic heterocycles. The van der Waals surface area contributed by atoms with E-state index in [9.17, 15) is 27.2 Å². The summed E-state index contributed by atoms with van der Waals surface area (Å²) >= 11 is 0. The average molecular weight is 346 g/mol. The summed E-state index contributed by atoms with van der Waals surface area (Å²) in [5.41, 5.74) is -1.88. The Balaban J connectivity index is 2.01. The van der Waals surface area contributed by atoms with E-state index in [1.54, 1.807) is 12.2 Å². The van der Waals surface area contributed by atoms with Crippen molar-refractivity contribution in [3.63, 3.8) is 0 Å². The molecule has 24 heavy (non-hydrogen) atoms. The van der Waals surface area contributed by atoms with Crippen molar-refractivity contribution >= 4 is 17.5 Å². The molecule has 1 aliphatic carbocycles. The van der Waals surface area contributed by atoms with Gasteiger partial charge in [-0.2, -0.15) is 13.2 Å². The monoisotopic (exact) mass is 346 g/mol. The molecule has 1 aromatic carbocycles. The fraction of sp³-hybridized carbons (Fsp3) is 0.333. The summed E-state index contributed by atoms with van der Waals surface area (Å²) in [6, 6.07) is 1.02. The molecule has 0 heterocycles. The van der Waals surface area contributed by atoms with E-state index in [1.165, 1.54) is 0 Å². The molecule has 2 amide bonds. The highest BCUT2D eigenvalue weighted by Gasteiger charge is 2.31. The fourth-order valence-electron chi connectivity index (χ4n) is 2.23. The molecule has 1 aliphatic rings. The molecule has 2 atom stereocenters. The molecule has 1 aromatic rings. The van der Waals surface area contributed by atoms with Crippen LogP contribution in [0.5, 0.6) is 0 Å². The van der Waals surface area contributed by atoms with E-state index in [0.29, 0.717) is 24.6 Å². The van der Waals surface area contributed by atoms with Crippen LogP contribution in [0.2, 0.25) is 0 Å². The van der Waals surface area contributed by atoms with Crippen LogP contribution in [-0.2, 0) is 15.8 Å². The normalized spacial score (nSPS) is 20.0. The van der Waals surface area contributed by atoms with Crippen LogP contribution in [0.25, 0.3) is 0 Å². The van der Waals surface area contributed by atoms with E-state index in [2.05, 4.69) is 5.32 Å². The SMILES string of the molecule is O=C(Nc1cc(C(F)(F)F)ccc1F)C(=O)N[C@@H]1C=C[C@H](CO)C1. The van der Waals surface area contributed by atoms with Crippen molar-refractivity contribution in [3.05, 3.63) is 41.7 Å². The highest BCUT2D eigenvalue weighted by atomic mass is 19.4. The zero-order chi connectivity index (χ0) is 17.9. The molecule has 130 valence electrons. The van der Waals surface area contributed by atoms with Gasteiger partial charge in [0.05, 0.1) is 11.3 Å². The van der Waals surface area contributed by atoms with E-state index in [1.807, 2.05) is 5.32 Å². The Bertz CT molecular complexity index is 673. The number of aliphatic hydroxyl groups excluding tert-OH is 1. The first-order chi connectivity index (χ1) is 11.2. The average Bonchev–Trinajstić information content (AvgIpc) is 2.95. The number of anilines is 1. The van der Waals surface area contributed by atoms with E-state index >= 15 is 0 Å². The second-order valence-electron chi connectivity index (χ2n) is 5.29. The summed E-state index contributed by atoms with van der Waals surface area (Å²) < 4.78 is 51.3. The minimum Gasteiger partial charge on any atom is -0.396 e. The van der Waals surface area contributed by atoms with Crippen molar-refractivity contribution in [1.29, 1.82) is 0 Å². The standard InChI is InChI=1S/C15H14F4N2O3/c16-11-4-2-9(15(17,18)19)6-12(11)21-14(24)13(23)20-10-3-1-8(5-10)7-22/h1-4,6,8,10,22H,5,7H2,(H,20,23)(H,21,24)/t8-,10+/m0/s1. The van der Waals surface area contributed by atoms with Gasteiger partial charge in [-0.25, -0.2) is 4.39 Å². The molecule has 0 spiro atoms. The maximum absolute atomic E-state index is 13.5. The van der Waals surface area contributed by atoms with Gasteiger partial charge in [-0.05, 0) is 24.6 Å². The van der Waals surface area contributed by atoms with Crippen molar-refractivity contribution in [1.82, 2.24) is 5.32 Å². The Morgan fingerprint density at radius 3 is 2.50 bits per heavy atom. The Labute approximate surface area is 134 Å². The predicted octanol–water partition coefficient (Wildman–Crippen LogP) is 1.84. The lowest BCUT2D eigenvalue weighted by atomic mass is 10.1. The maximum Gasteiger partial charge on any atom is 0.416 e. The summed E-state index contributed by atoms with van der Waals surface area (Å²) in [5, 5.41) is 13.1. The van der Waals surface area contributed by atoms with Gasteiger partial charge < -0.3 is 15.7 Å². The number of carbonyl (C=O) groups is 2. The first-order valence-electron chi connectivity index (χ1n) is 6.98. The summed E-state index contributed by atoms with van der Waals surface area (Å²) in [5.74, 6) is -3.63. The third kappa shape index (κ3) is 4.31. The number of aliphatic hydroxyl groups is 1. The van der Waals surface area contributed by atoms with E-state index in [4.69, 9.17) is 5.11 Å². The summed E-state index contributed by atoms with van der Waals surface area (Å²) in [6.07, 6.45) is -1.04. The molecular formula is C15H14F4N2O3. The lowest BCUT2D eigenvalue weighted by Gasteiger charge is -2.13. The van der Waals surface area contributed by atoms with Gasteiger partial charge in [0.25, 0.3) is 0 Å². The zero-order valence-corrected chi connectivity index (χ0v) is 12.2. The molecule has 3 N–H and O–H groups in total. The lowest BCUT2D eigenvalue weighted by Crippen LogP contribution is -2.40. The Hall–Kier alpha value is -2.42. The van der Waals surface area contributed by atoms with E-state index in [0.717, 1.165) is 0 Å². The Morgan fingerprint density at radius 1 is 1.21 bits per heavy atom. The molecule has 5 nitrogen and oxygen atoms in total. The lowest BCUT2D eigenvalue weighted by molar-refractivity contribution is -0.137. The second-order valence-corrected chi connectivity index (χ2v) is 5.29. The summed E-state index contributed by atoms with van der Waals surface area (Å²) in [7, 11) is 0. The minimum atomic E-state index is -4.70. The number of carbonyl (C=O) groups excluding carboxylic acids is 2. The number of amides is 2. The molecule has 0 fully saturated rings. The molecular weight excluding hydrogens is 332 g/mol. The van der Waals surface area contributed by atoms with Crippen molar-refractivity contribution in [3.8, 4) is 0 Å². The predicted molar refractivity (Wildman–Crippen MR) is 76.3 cm³/mol. The molecule has 0 saturated carbocycles. The van der Waals surface area contributed by atoms with Gasteiger partial charge in [0, 0.05) is 18.6 Å². The van der Waals surface area contributed by atoms with Gasteiger partial charge in [0.2, 0.25) is 0 Å². The van der Waals surface area contributed by atoms with Crippen molar-refractivity contribution in [2.45, 2.75) is 18.6 Å². The molecule has 0 saturated heterocycles. The zero-order valence-electron chi connectivity index (χ0n) is 12.2. The Morgan fingerprint density at radius 2 is 1.92 bits per heavy atom. The van der Waals surface area contributed by atoms with Crippen LogP contribution in [0.1, 0.15) is 12.0 Å². The number of hydrogen-bond donors (Lipinski definition) is 3. The highest BCUT2D eigenvalue weighted by Crippen LogP contribution is 2.31. The fourth-order valence-corrected chi connectivity index (χ4v) is 2.23. The van der Waals surface area contributed by atoms with Crippen LogP contribution in [0, 0.1) is 11.7 Å². The molecule has 9 heteroatoms. The van der Waals surface area contributed by atoms with Gasteiger partial charge in [-0.15, -0.1) is 0 Å². The largest absolute Gasteiger partial charge is 0.416 e. The van der Waals surface area contributed by atoms with Crippen LogP contribution in [-0.4, -0.2) is 29.6 Å². The van der Waals surface area contributed by atoms with Gasteiger partial charge >= 0.3 is 18.0 Å². The number of benzene rings is 1. The van der Waals surface area contributed by atoms with Crippen molar-refractivity contribution in [2.24, 2.45) is 5.92 Å². The number of halogens is 4. The van der Waals surface area contributed by atoms with Crippen LogP contribution in [0.3, 0.4) is 0 Å². The number of alkyl halides is 3. The second kappa shape index (κ2) is 7.00. The number of hydrogen-bond acceptors (Lipinski definition) is 3. The highest BCUT2D eigenvalue weighted by molar-refractivity contribution is 6.39. The maximum atomic E-state index is 13.5. The van der Waals surface area contributed by atoms with E-state index in [-0.39, 0.29) is 12.5 Å². The summed E-state index contributed by atoms with van der Waals surface area (Å²) in [6.45, 7) is -0.107. The smallest absolute Gasteiger partial charge is 0.396 e. The van der Waals surface area contributed by atoms with Gasteiger partial charge in [-0.1, -0.05) is 12.2 Å². The third-order valence-corrected chi connectivity index (χ3v) is 3.47. The van der Waals surface area contributed by atoms with Crippen molar-refractivity contribution < 1.29 is 32.3 Å². The van der Waals surface area contributed by atoms with Crippen LogP contribution in [0.4, 0.5) is 23.2 Å². The number of rotatable bonds is 3. The number of nitrogens with one attached hydrogen (secondary N) is 2. The molecule has 2 rings (SSSR count). The van der Waals surface area contributed by atoms with Crippen LogP contribution in [0.15, 0.2) is 30.4 Å². The topological polar surface area (TPSA) is 78.4 Å². The van der Waals surface area contributed by atoms with E-state index < -0.39 is 41.1 Å². The van der Waals surface area contributed by atoms with Crippen LogP contribution >= 0.6 is 0 Å². The molecule has 0 unspecified atom stereocenters. The van der Waals surface area contributed by atoms with Crippen molar-refractivity contribution in [2.75, 3.05) is 11.9 Å². The first kappa shape index (κ1) is 17.9. The first-order valence-corrected chi connectivity index (χ1v) is 6.98. The van der Waals surface area contributed by atoms with Gasteiger partial charge in [0.1, 0.15) is 5.82 Å². The molecule has 0 radical (unpaired) electrons. The third-order valence-electron chi connectivity index (χ3n) is 3.47. The quantitative estimate of drug-likeness (QED) is 0.444. The summed E-state index contributed by atoms with van der Waals surface area (Å²) in [4.78, 5) is 23.4. The van der Waals surface area contributed by atoms with Gasteiger partial charge in [0.15, 0.2) is 0 Å². The minimum absolute atomic E-state index is 0.107.